The van der Waals surface area contributed by atoms with Crippen LogP contribution in [-0.2, 0) is 0 Å². The van der Waals surface area contributed by atoms with Crippen molar-refractivity contribution in [3.63, 3.8) is 0 Å². The molecule has 30 heavy (non-hydrogen) atoms. The summed E-state index contributed by atoms with van der Waals surface area (Å²) < 4.78 is 16.3. The number of hydrogen-bond donors (Lipinski definition) is 0. The molecule has 0 atom stereocenters. The summed E-state index contributed by atoms with van der Waals surface area (Å²) in [6.45, 7) is 9.48. The topological polar surface area (TPSA) is 41.9 Å². The average molecular weight is 421 g/mol. The summed E-state index contributed by atoms with van der Waals surface area (Å²) in [5.74, 6) is 0.131. The Balaban J connectivity index is 1.52. The van der Waals surface area contributed by atoms with Crippen molar-refractivity contribution in [1.82, 2.24) is 20.1 Å². The van der Waals surface area contributed by atoms with Crippen LogP contribution in [0, 0.1) is 19.7 Å². The maximum Gasteiger partial charge on any atom is 0.133 e. The molecule has 2 aromatic carbocycles. The minimum absolute atomic E-state index is 0.233. The molecule has 3 heterocycles. The smallest absolute Gasteiger partial charge is 0.133 e. The first-order valence-electron chi connectivity index (χ1n) is 10.6. The van der Waals surface area contributed by atoms with E-state index in [1.165, 1.54) is 0 Å². The summed E-state index contributed by atoms with van der Waals surface area (Å²) >= 11 is 1.67. The van der Waals surface area contributed by atoms with Gasteiger partial charge in [-0.3, -0.25) is 0 Å². The molecule has 154 valence electrons. The molecule has 0 spiro atoms. The van der Waals surface area contributed by atoms with Crippen LogP contribution >= 0.6 is 11.3 Å². The fraction of sp³-hybridized carbons (Fsp3) is 0.375. The molecule has 1 aliphatic heterocycles. The Labute approximate surface area is 179 Å². The van der Waals surface area contributed by atoms with Gasteiger partial charge in [0, 0.05) is 11.3 Å². The molecule has 0 aliphatic carbocycles. The predicted octanol–water partition coefficient (Wildman–Crippen LogP) is 5.86. The van der Waals surface area contributed by atoms with E-state index >= 15 is 4.39 Å². The second kappa shape index (κ2) is 7.67. The second-order valence-electron chi connectivity index (χ2n) is 8.24. The van der Waals surface area contributed by atoms with Gasteiger partial charge in [0.15, 0.2) is 0 Å². The molecule has 0 amide bonds. The molecule has 0 unspecified atom stereocenters. The standard InChI is InChI=1S/C24H25FN4S/c1-4-29-7-5-16(6-8-29)21-13-19-20(25)10-18(11-22(19)28-27-21)17-9-14(2)24-23(12-17)30-15(3)26-24/h9-13,16H,4-8H2,1-3H3. The van der Waals surface area contributed by atoms with Crippen molar-refractivity contribution in [2.75, 3.05) is 19.6 Å². The largest absolute Gasteiger partial charge is 0.304 e. The number of aryl methyl sites for hydroxylation is 2. The Morgan fingerprint density at radius 1 is 1.03 bits per heavy atom. The van der Waals surface area contributed by atoms with Crippen LogP contribution in [-0.4, -0.2) is 39.7 Å². The first kappa shape index (κ1) is 19.5. The van der Waals surface area contributed by atoms with Crippen molar-refractivity contribution in [3.05, 3.63) is 52.4 Å². The Morgan fingerprint density at radius 3 is 2.57 bits per heavy atom. The van der Waals surface area contributed by atoms with Crippen LogP contribution in [0.1, 0.15) is 41.9 Å². The zero-order valence-corrected chi connectivity index (χ0v) is 18.4. The van der Waals surface area contributed by atoms with Gasteiger partial charge in [0.1, 0.15) is 5.82 Å². The highest BCUT2D eigenvalue weighted by atomic mass is 32.1. The summed E-state index contributed by atoms with van der Waals surface area (Å²) in [4.78, 5) is 7.04. The zero-order valence-electron chi connectivity index (χ0n) is 17.6. The minimum atomic E-state index is -0.233. The lowest BCUT2D eigenvalue weighted by molar-refractivity contribution is 0.220. The third-order valence-corrected chi connectivity index (χ3v) is 7.17. The highest BCUT2D eigenvalue weighted by Gasteiger charge is 2.22. The number of benzene rings is 2. The maximum absolute atomic E-state index is 15.1. The van der Waals surface area contributed by atoms with Crippen molar-refractivity contribution in [3.8, 4) is 11.1 Å². The normalized spacial score (nSPS) is 16.0. The van der Waals surface area contributed by atoms with Gasteiger partial charge >= 0.3 is 0 Å². The van der Waals surface area contributed by atoms with Crippen LogP contribution in [0.4, 0.5) is 4.39 Å². The molecule has 0 saturated carbocycles. The van der Waals surface area contributed by atoms with Gasteiger partial charge in [0.25, 0.3) is 0 Å². The molecule has 5 rings (SSSR count). The Bertz CT molecular complexity index is 1240. The molecule has 0 radical (unpaired) electrons. The summed E-state index contributed by atoms with van der Waals surface area (Å²) in [5, 5.41) is 10.5. The van der Waals surface area contributed by atoms with Crippen LogP contribution in [0.3, 0.4) is 0 Å². The van der Waals surface area contributed by atoms with Gasteiger partial charge in [0.2, 0.25) is 0 Å². The van der Waals surface area contributed by atoms with Crippen molar-refractivity contribution in [2.45, 2.75) is 39.5 Å². The zero-order chi connectivity index (χ0) is 20.8. The number of aromatic nitrogens is 3. The molecule has 6 heteroatoms. The van der Waals surface area contributed by atoms with E-state index in [-0.39, 0.29) is 5.82 Å². The van der Waals surface area contributed by atoms with Crippen LogP contribution < -0.4 is 0 Å². The molecular weight excluding hydrogens is 395 g/mol. The average Bonchev–Trinajstić information content (AvgIpc) is 3.14. The highest BCUT2D eigenvalue weighted by Crippen LogP contribution is 2.34. The monoisotopic (exact) mass is 420 g/mol. The van der Waals surface area contributed by atoms with Crippen LogP contribution in [0.2, 0.25) is 0 Å². The Kier molecular flexibility index (Phi) is 4.99. The number of halogens is 1. The van der Waals surface area contributed by atoms with Crippen LogP contribution in [0.15, 0.2) is 30.3 Å². The fourth-order valence-corrected chi connectivity index (χ4v) is 5.45. The fourth-order valence-electron chi connectivity index (χ4n) is 4.50. The summed E-state index contributed by atoms with van der Waals surface area (Å²) in [5.41, 5.74) is 5.48. The third kappa shape index (κ3) is 3.48. The number of likely N-dealkylation sites (tertiary alicyclic amines) is 1. The number of thiazole rings is 1. The number of nitrogens with zero attached hydrogens (tertiary/aromatic N) is 4. The number of fused-ring (bicyclic) bond motifs is 2. The summed E-state index contributed by atoms with van der Waals surface area (Å²) in [6.07, 6.45) is 2.11. The van der Waals surface area contributed by atoms with Gasteiger partial charge in [-0.25, -0.2) is 9.37 Å². The lowest BCUT2D eigenvalue weighted by Gasteiger charge is -2.30. The van der Waals surface area contributed by atoms with E-state index in [2.05, 4.69) is 46.1 Å². The van der Waals surface area contributed by atoms with Gasteiger partial charge in [-0.05, 0) is 93.3 Å². The van der Waals surface area contributed by atoms with Crippen molar-refractivity contribution in [1.29, 1.82) is 0 Å². The van der Waals surface area contributed by atoms with Crippen LogP contribution in [0.5, 0.6) is 0 Å². The summed E-state index contributed by atoms with van der Waals surface area (Å²) in [7, 11) is 0. The molecule has 0 N–H and O–H groups in total. The SMILES string of the molecule is CCN1CCC(c2cc3c(F)cc(-c4cc(C)c5nc(C)sc5c4)cc3nn2)CC1. The summed E-state index contributed by atoms with van der Waals surface area (Å²) in [6, 6.07) is 9.66. The molecule has 4 nitrogen and oxygen atoms in total. The first-order valence-corrected chi connectivity index (χ1v) is 11.4. The molecule has 0 bridgehead atoms. The van der Waals surface area contributed by atoms with Crippen molar-refractivity contribution < 1.29 is 4.39 Å². The Morgan fingerprint density at radius 2 is 1.80 bits per heavy atom. The van der Waals surface area contributed by atoms with E-state index in [9.17, 15) is 0 Å². The van der Waals surface area contributed by atoms with E-state index in [0.29, 0.717) is 16.8 Å². The van der Waals surface area contributed by atoms with E-state index in [4.69, 9.17) is 0 Å². The van der Waals surface area contributed by atoms with Gasteiger partial charge < -0.3 is 4.90 Å². The second-order valence-corrected chi connectivity index (χ2v) is 9.48. The molecule has 1 saturated heterocycles. The number of piperidine rings is 1. The molecular formula is C24H25FN4S. The van der Waals surface area contributed by atoms with Crippen molar-refractivity contribution >= 4 is 32.5 Å². The van der Waals surface area contributed by atoms with Crippen LogP contribution in [0.25, 0.3) is 32.2 Å². The molecule has 2 aromatic heterocycles. The van der Waals surface area contributed by atoms with E-state index in [1.807, 2.05) is 19.1 Å². The quantitative estimate of drug-likeness (QED) is 0.416. The lowest BCUT2D eigenvalue weighted by Crippen LogP contribution is -2.32. The Hall–Kier alpha value is -2.44. The van der Waals surface area contributed by atoms with E-state index in [0.717, 1.165) is 70.1 Å². The van der Waals surface area contributed by atoms with Gasteiger partial charge in [-0.1, -0.05) is 6.92 Å². The lowest BCUT2D eigenvalue weighted by atomic mass is 9.92. The van der Waals surface area contributed by atoms with Gasteiger partial charge in [-0.15, -0.1) is 11.3 Å². The van der Waals surface area contributed by atoms with Crippen molar-refractivity contribution in [2.24, 2.45) is 0 Å². The van der Waals surface area contributed by atoms with E-state index in [1.54, 1.807) is 17.4 Å². The van der Waals surface area contributed by atoms with Gasteiger partial charge in [0.05, 0.1) is 26.4 Å². The third-order valence-electron chi connectivity index (χ3n) is 6.25. The molecule has 4 aromatic rings. The highest BCUT2D eigenvalue weighted by molar-refractivity contribution is 7.18. The molecule has 1 fully saturated rings. The molecule has 1 aliphatic rings. The maximum atomic E-state index is 15.1. The minimum Gasteiger partial charge on any atom is -0.304 e. The number of hydrogen-bond acceptors (Lipinski definition) is 5. The first-order chi connectivity index (χ1) is 14.5. The predicted molar refractivity (Wildman–Crippen MR) is 122 cm³/mol. The number of rotatable bonds is 3. The van der Waals surface area contributed by atoms with Gasteiger partial charge in [-0.2, -0.15) is 10.2 Å². The van der Waals surface area contributed by atoms with E-state index < -0.39 is 0 Å².